The highest BCUT2D eigenvalue weighted by molar-refractivity contribution is 6.30. The zero-order chi connectivity index (χ0) is 13.7. The third kappa shape index (κ3) is 3.86. The Kier molecular flexibility index (Phi) is 4.20. The van der Waals surface area contributed by atoms with Gasteiger partial charge in [-0.3, -0.25) is 0 Å². The Labute approximate surface area is 114 Å². The van der Waals surface area contributed by atoms with Crippen molar-refractivity contribution in [3.05, 3.63) is 52.9 Å². The second-order valence-corrected chi connectivity index (χ2v) is 4.11. The van der Waals surface area contributed by atoms with Gasteiger partial charge in [0, 0.05) is 22.2 Å². The van der Waals surface area contributed by atoms with E-state index in [0.29, 0.717) is 16.3 Å². The highest BCUT2D eigenvalue weighted by atomic mass is 35.5. The van der Waals surface area contributed by atoms with Crippen LogP contribution in [0.15, 0.2) is 41.3 Å². The Morgan fingerprint density at radius 3 is 3.05 bits per heavy atom. The molecule has 5 nitrogen and oxygen atoms in total. The number of hydrogen-bond donors (Lipinski definition) is 1. The van der Waals surface area contributed by atoms with E-state index in [2.05, 4.69) is 9.68 Å². The summed E-state index contributed by atoms with van der Waals surface area (Å²) in [5.74, 6) is -0.506. The van der Waals surface area contributed by atoms with E-state index < -0.39 is 5.97 Å². The van der Waals surface area contributed by atoms with Crippen LogP contribution < -0.4 is 4.74 Å². The molecule has 1 heterocycles. The molecule has 2 rings (SSSR count). The first-order chi connectivity index (χ1) is 9.15. The molecule has 0 bridgehead atoms. The van der Waals surface area contributed by atoms with Crippen LogP contribution in [0.4, 0.5) is 0 Å². The average Bonchev–Trinajstić information content (AvgIpc) is 2.88. The normalized spacial score (nSPS) is 10.8. The number of carbonyl (C=O) groups is 1. The molecule has 1 N–H and O–H groups in total. The van der Waals surface area contributed by atoms with Crippen LogP contribution in [0.3, 0.4) is 0 Å². The highest BCUT2D eigenvalue weighted by Crippen LogP contribution is 2.25. The minimum atomic E-state index is -1.04. The van der Waals surface area contributed by atoms with Crippen molar-refractivity contribution in [2.45, 2.75) is 6.61 Å². The molecule has 0 fully saturated rings. The van der Waals surface area contributed by atoms with Gasteiger partial charge in [-0.05, 0) is 24.3 Å². The van der Waals surface area contributed by atoms with Gasteiger partial charge in [0.25, 0.3) is 0 Å². The monoisotopic (exact) mass is 279 g/mol. The standard InChI is InChI=1S/C13H10ClNO4/c14-11-2-3-12(10(5-11)1-4-13(16)17)18-7-9-6-15-19-8-9/h1-6,8H,7H2,(H,16,17)/b4-1+. The first kappa shape index (κ1) is 13.2. The molecule has 1 aromatic carbocycles. The number of aromatic nitrogens is 1. The third-order valence-electron chi connectivity index (χ3n) is 2.26. The second-order valence-electron chi connectivity index (χ2n) is 3.68. The Morgan fingerprint density at radius 2 is 2.37 bits per heavy atom. The lowest BCUT2D eigenvalue weighted by Crippen LogP contribution is -1.96. The third-order valence-corrected chi connectivity index (χ3v) is 2.49. The summed E-state index contributed by atoms with van der Waals surface area (Å²) >= 11 is 5.87. The molecule has 0 saturated heterocycles. The molecule has 0 amide bonds. The van der Waals surface area contributed by atoms with Gasteiger partial charge in [0.2, 0.25) is 0 Å². The van der Waals surface area contributed by atoms with Gasteiger partial charge >= 0.3 is 5.97 Å². The fourth-order valence-electron chi connectivity index (χ4n) is 1.40. The Hall–Kier alpha value is -2.27. The topological polar surface area (TPSA) is 72.6 Å². The second kappa shape index (κ2) is 6.06. The van der Waals surface area contributed by atoms with Crippen LogP contribution in [0.5, 0.6) is 5.75 Å². The molecule has 6 heteroatoms. The summed E-state index contributed by atoms with van der Waals surface area (Å²) in [4.78, 5) is 10.5. The largest absolute Gasteiger partial charge is 0.488 e. The summed E-state index contributed by atoms with van der Waals surface area (Å²) < 4.78 is 10.3. The van der Waals surface area contributed by atoms with Gasteiger partial charge in [-0.15, -0.1) is 0 Å². The van der Waals surface area contributed by atoms with Crippen LogP contribution in [0, 0.1) is 0 Å². The molecule has 2 aromatic rings. The predicted octanol–water partition coefficient (Wildman–Crippen LogP) is 3.00. The van der Waals surface area contributed by atoms with Gasteiger partial charge < -0.3 is 14.4 Å². The van der Waals surface area contributed by atoms with Crippen LogP contribution in [0.2, 0.25) is 5.02 Å². The number of hydrogen-bond acceptors (Lipinski definition) is 4. The lowest BCUT2D eigenvalue weighted by atomic mass is 10.2. The van der Waals surface area contributed by atoms with Crippen molar-refractivity contribution in [2.24, 2.45) is 0 Å². The van der Waals surface area contributed by atoms with Gasteiger partial charge in [-0.25, -0.2) is 4.79 Å². The molecule has 19 heavy (non-hydrogen) atoms. The minimum absolute atomic E-state index is 0.277. The molecular weight excluding hydrogens is 270 g/mol. The van der Waals surface area contributed by atoms with E-state index in [-0.39, 0.29) is 6.61 Å². The number of rotatable bonds is 5. The molecule has 0 atom stereocenters. The zero-order valence-electron chi connectivity index (χ0n) is 9.75. The van der Waals surface area contributed by atoms with Gasteiger partial charge in [-0.2, -0.15) is 0 Å². The Balaban J connectivity index is 2.16. The van der Waals surface area contributed by atoms with Gasteiger partial charge in [0.15, 0.2) is 0 Å². The molecule has 0 aliphatic heterocycles. The number of nitrogens with zero attached hydrogens (tertiary/aromatic N) is 1. The number of halogens is 1. The lowest BCUT2D eigenvalue weighted by Gasteiger charge is -2.08. The van der Waals surface area contributed by atoms with Crippen molar-refractivity contribution in [3.63, 3.8) is 0 Å². The van der Waals surface area contributed by atoms with Crippen LogP contribution in [0.25, 0.3) is 6.08 Å². The molecule has 1 aromatic heterocycles. The van der Waals surface area contributed by atoms with Crippen molar-refractivity contribution >= 4 is 23.6 Å². The Morgan fingerprint density at radius 1 is 1.53 bits per heavy atom. The number of carboxylic acid groups (broad SMARTS) is 1. The number of benzene rings is 1. The first-order valence-electron chi connectivity index (χ1n) is 5.37. The Bertz CT molecular complexity index is 593. The molecule has 0 spiro atoms. The maximum atomic E-state index is 10.5. The molecular formula is C13H10ClNO4. The lowest BCUT2D eigenvalue weighted by molar-refractivity contribution is -0.131. The summed E-state index contributed by atoms with van der Waals surface area (Å²) in [6, 6.07) is 4.98. The molecule has 0 unspecified atom stereocenters. The summed E-state index contributed by atoms with van der Waals surface area (Å²) in [5, 5.41) is 12.7. The highest BCUT2D eigenvalue weighted by Gasteiger charge is 2.04. The summed E-state index contributed by atoms with van der Waals surface area (Å²) in [7, 11) is 0. The van der Waals surface area contributed by atoms with Crippen LogP contribution in [0.1, 0.15) is 11.1 Å². The number of carboxylic acids is 1. The molecule has 0 aliphatic carbocycles. The first-order valence-corrected chi connectivity index (χ1v) is 5.74. The average molecular weight is 280 g/mol. The SMILES string of the molecule is O=C(O)/C=C/c1cc(Cl)ccc1OCc1cnoc1. The fraction of sp³-hybridized carbons (Fsp3) is 0.0769. The summed E-state index contributed by atoms with van der Waals surface area (Å²) in [6.07, 6.45) is 5.47. The van der Waals surface area contributed by atoms with E-state index in [0.717, 1.165) is 11.6 Å². The van der Waals surface area contributed by atoms with Crippen molar-refractivity contribution in [2.75, 3.05) is 0 Å². The van der Waals surface area contributed by atoms with Crippen molar-refractivity contribution in [3.8, 4) is 5.75 Å². The van der Waals surface area contributed by atoms with Gasteiger partial charge in [-0.1, -0.05) is 16.8 Å². The van der Waals surface area contributed by atoms with Crippen molar-refractivity contribution in [1.82, 2.24) is 5.16 Å². The van der Waals surface area contributed by atoms with E-state index >= 15 is 0 Å². The molecule has 0 aliphatic rings. The molecule has 98 valence electrons. The maximum absolute atomic E-state index is 10.5. The van der Waals surface area contributed by atoms with Crippen molar-refractivity contribution < 1.29 is 19.2 Å². The van der Waals surface area contributed by atoms with E-state index in [4.69, 9.17) is 21.4 Å². The van der Waals surface area contributed by atoms with Crippen LogP contribution >= 0.6 is 11.6 Å². The predicted molar refractivity (Wildman–Crippen MR) is 69.0 cm³/mol. The van der Waals surface area contributed by atoms with Gasteiger partial charge in [0.05, 0.1) is 6.20 Å². The maximum Gasteiger partial charge on any atom is 0.328 e. The number of aliphatic carboxylic acids is 1. The molecule has 0 radical (unpaired) electrons. The minimum Gasteiger partial charge on any atom is -0.488 e. The van der Waals surface area contributed by atoms with E-state index in [1.807, 2.05) is 0 Å². The van der Waals surface area contributed by atoms with Gasteiger partial charge in [0.1, 0.15) is 18.6 Å². The van der Waals surface area contributed by atoms with Crippen LogP contribution in [-0.4, -0.2) is 16.2 Å². The summed E-state index contributed by atoms with van der Waals surface area (Å²) in [6.45, 7) is 0.277. The quantitative estimate of drug-likeness (QED) is 0.852. The van der Waals surface area contributed by atoms with E-state index in [1.165, 1.54) is 12.3 Å². The van der Waals surface area contributed by atoms with E-state index in [9.17, 15) is 4.79 Å². The zero-order valence-corrected chi connectivity index (χ0v) is 10.5. The fourth-order valence-corrected chi connectivity index (χ4v) is 1.58. The molecule has 0 saturated carbocycles. The van der Waals surface area contributed by atoms with Crippen LogP contribution in [-0.2, 0) is 11.4 Å². The smallest absolute Gasteiger partial charge is 0.328 e. The summed E-state index contributed by atoms with van der Waals surface area (Å²) in [5.41, 5.74) is 1.37. The van der Waals surface area contributed by atoms with Crippen molar-refractivity contribution in [1.29, 1.82) is 0 Å². The number of ether oxygens (including phenoxy) is 1. The van der Waals surface area contributed by atoms with E-state index in [1.54, 1.807) is 24.4 Å².